The molecule has 1 fully saturated rings. The van der Waals surface area contributed by atoms with Crippen molar-refractivity contribution in [1.29, 1.82) is 0 Å². The van der Waals surface area contributed by atoms with Crippen LogP contribution >= 0.6 is 0 Å². The van der Waals surface area contributed by atoms with Gasteiger partial charge in [0.25, 0.3) is 0 Å². The summed E-state index contributed by atoms with van der Waals surface area (Å²) in [5.74, 6) is 0.0169. The van der Waals surface area contributed by atoms with Crippen LogP contribution in [0.5, 0.6) is 0 Å². The molecular formula is C18H24N2O3. The van der Waals surface area contributed by atoms with Crippen molar-refractivity contribution in [1.82, 2.24) is 4.90 Å². The molecule has 124 valence electrons. The highest BCUT2D eigenvalue weighted by Crippen LogP contribution is 2.49. The molecule has 1 spiro atoms. The number of fused-ring (bicyclic) bond motifs is 2. The molecule has 0 radical (unpaired) electrons. The lowest BCUT2D eigenvalue weighted by Crippen LogP contribution is -2.49. The Kier molecular flexibility index (Phi) is 4.39. The molecule has 0 bridgehead atoms. The Morgan fingerprint density at radius 2 is 2.17 bits per heavy atom. The molecule has 1 aromatic carbocycles. The number of anilines is 1. The van der Waals surface area contributed by atoms with E-state index in [0.717, 1.165) is 24.1 Å². The summed E-state index contributed by atoms with van der Waals surface area (Å²) in [5.41, 5.74) is 1.32. The van der Waals surface area contributed by atoms with E-state index in [4.69, 9.17) is 4.74 Å². The maximum Gasteiger partial charge on any atom is 0.248 e. The highest BCUT2D eigenvalue weighted by molar-refractivity contribution is 6.07. The summed E-state index contributed by atoms with van der Waals surface area (Å²) < 4.78 is 5.29. The van der Waals surface area contributed by atoms with Gasteiger partial charge in [0.05, 0.1) is 11.5 Å². The fourth-order valence-corrected chi connectivity index (χ4v) is 4.05. The van der Waals surface area contributed by atoms with E-state index in [0.29, 0.717) is 19.6 Å². The van der Waals surface area contributed by atoms with Gasteiger partial charge in [0.2, 0.25) is 11.8 Å². The van der Waals surface area contributed by atoms with Gasteiger partial charge in [-0.15, -0.1) is 0 Å². The third-order valence-corrected chi connectivity index (χ3v) is 5.07. The number of amides is 2. The number of nitrogens with one attached hydrogen (secondary N) is 1. The predicted octanol–water partition coefficient (Wildman–Crippen LogP) is 2.31. The second-order valence-corrected chi connectivity index (χ2v) is 6.25. The Morgan fingerprint density at radius 3 is 2.91 bits per heavy atom. The van der Waals surface area contributed by atoms with Crippen molar-refractivity contribution in [3.8, 4) is 0 Å². The molecule has 2 aliphatic rings. The number of carbonyl (C=O) groups excluding carboxylic acids is 2. The van der Waals surface area contributed by atoms with Crippen LogP contribution in [0, 0.1) is 0 Å². The number of rotatable bonds is 5. The molecule has 2 amide bonds. The highest BCUT2D eigenvalue weighted by atomic mass is 16.5. The van der Waals surface area contributed by atoms with Crippen molar-refractivity contribution in [3.05, 3.63) is 29.8 Å². The summed E-state index contributed by atoms with van der Waals surface area (Å²) in [5, 5.41) is 3.01. The molecule has 1 aromatic rings. The topological polar surface area (TPSA) is 58.6 Å². The fraction of sp³-hybridized carbons (Fsp3) is 0.556. The summed E-state index contributed by atoms with van der Waals surface area (Å²) >= 11 is 0. The van der Waals surface area contributed by atoms with Crippen LogP contribution in [0.15, 0.2) is 24.3 Å². The van der Waals surface area contributed by atoms with E-state index in [1.807, 2.05) is 36.1 Å². The number of benzene rings is 1. The average molecular weight is 316 g/mol. The number of nitrogens with zero attached hydrogens (tertiary/aromatic N) is 1. The van der Waals surface area contributed by atoms with Crippen molar-refractivity contribution in [2.24, 2.45) is 0 Å². The molecule has 5 heteroatoms. The van der Waals surface area contributed by atoms with E-state index in [2.05, 4.69) is 12.2 Å². The van der Waals surface area contributed by atoms with Gasteiger partial charge in [0.1, 0.15) is 6.61 Å². The Balaban J connectivity index is 1.96. The van der Waals surface area contributed by atoms with Crippen molar-refractivity contribution in [2.45, 2.75) is 44.6 Å². The third kappa shape index (κ3) is 2.43. The van der Waals surface area contributed by atoms with Crippen molar-refractivity contribution < 1.29 is 14.3 Å². The molecule has 0 aliphatic carbocycles. The predicted molar refractivity (Wildman–Crippen MR) is 88.3 cm³/mol. The van der Waals surface area contributed by atoms with Crippen molar-refractivity contribution in [3.63, 3.8) is 0 Å². The molecule has 0 unspecified atom stereocenters. The second kappa shape index (κ2) is 6.32. The van der Waals surface area contributed by atoms with E-state index < -0.39 is 5.41 Å². The first kappa shape index (κ1) is 16.0. The number of likely N-dealkylation sites (tertiary alicyclic amines) is 1. The Morgan fingerprint density at radius 1 is 1.39 bits per heavy atom. The molecule has 5 nitrogen and oxygen atoms in total. The van der Waals surface area contributed by atoms with Crippen LogP contribution in [0.2, 0.25) is 0 Å². The summed E-state index contributed by atoms with van der Waals surface area (Å²) in [6.45, 7) is 5.19. The first-order valence-electron chi connectivity index (χ1n) is 8.43. The van der Waals surface area contributed by atoms with Crippen LogP contribution in [-0.2, 0) is 19.7 Å². The van der Waals surface area contributed by atoms with Crippen LogP contribution in [0.1, 0.15) is 38.7 Å². The molecule has 3 rings (SSSR count). The molecule has 0 aromatic heterocycles. The largest absolute Gasteiger partial charge is 0.372 e. The van der Waals surface area contributed by atoms with Gasteiger partial charge >= 0.3 is 0 Å². The Hall–Kier alpha value is -1.88. The minimum atomic E-state index is -0.603. The number of hydrogen-bond acceptors (Lipinski definition) is 3. The Labute approximate surface area is 137 Å². The van der Waals surface area contributed by atoms with Crippen molar-refractivity contribution in [2.75, 3.05) is 25.1 Å². The molecule has 1 N–H and O–H groups in total. The SMILES string of the molecule is CCC[C@@H]1N(C(=O)COCC)CC[C@]12C(=O)Nc1ccccc12. The molecular weight excluding hydrogens is 292 g/mol. The van der Waals surface area contributed by atoms with Gasteiger partial charge in [-0.1, -0.05) is 31.5 Å². The second-order valence-electron chi connectivity index (χ2n) is 6.25. The first-order valence-corrected chi connectivity index (χ1v) is 8.43. The number of carbonyl (C=O) groups is 2. The minimum Gasteiger partial charge on any atom is -0.372 e. The van der Waals surface area contributed by atoms with Gasteiger partial charge in [0.15, 0.2) is 0 Å². The lowest BCUT2D eigenvalue weighted by Gasteiger charge is -2.34. The first-order chi connectivity index (χ1) is 11.1. The van der Waals surface area contributed by atoms with Crippen LogP contribution in [0.4, 0.5) is 5.69 Å². The lowest BCUT2D eigenvalue weighted by atomic mass is 9.73. The summed E-state index contributed by atoms with van der Waals surface area (Å²) in [4.78, 5) is 27.2. The maximum absolute atomic E-state index is 12.8. The van der Waals surface area contributed by atoms with Crippen LogP contribution in [0.25, 0.3) is 0 Å². The normalized spacial score (nSPS) is 25.7. The van der Waals surface area contributed by atoms with Crippen LogP contribution in [0.3, 0.4) is 0 Å². The van der Waals surface area contributed by atoms with E-state index in [9.17, 15) is 9.59 Å². The zero-order chi connectivity index (χ0) is 16.4. The molecule has 2 heterocycles. The van der Waals surface area contributed by atoms with E-state index in [-0.39, 0.29) is 24.5 Å². The molecule has 2 atom stereocenters. The van der Waals surface area contributed by atoms with Crippen molar-refractivity contribution >= 4 is 17.5 Å². The molecule has 2 aliphatic heterocycles. The van der Waals surface area contributed by atoms with Gasteiger partial charge in [-0.05, 0) is 31.4 Å². The lowest BCUT2D eigenvalue weighted by molar-refractivity contribution is -0.138. The monoisotopic (exact) mass is 316 g/mol. The zero-order valence-electron chi connectivity index (χ0n) is 13.8. The summed E-state index contributed by atoms with van der Waals surface area (Å²) in [6, 6.07) is 7.76. The van der Waals surface area contributed by atoms with Gasteiger partial charge in [-0.2, -0.15) is 0 Å². The maximum atomic E-state index is 12.8. The molecule has 0 saturated carbocycles. The minimum absolute atomic E-state index is 0.0145. The van der Waals surface area contributed by atoms with Gasteiger partial charge in [-0.3, -0.25) is 9.59 Å². The Bertz CT molecular complexity index is 616. The quantitative estimate of drug-likeness (QED) is 0.907. The van der Waals surface area contributed by atoms with Crippen LogP contribution < -0.4 is 5.32 Å². The van der Waals surface area contributed by atoms with Gasteiger partial charge in [0, 0.05) is 18.8 Å². The molecule has 23 heavy (non-hydrogen) atoms. The van der Waals surface area contributed by atoms with Gasteiger partial charge < -0.3 is 15.0 Å². The number of ether oxygens (including phenoxy) is 1. The van der Waals surface area contributed by atoms with E-state index >= 15 is 0 Å². The van der Waals surface area contributed by atoms with E-state index in [1.54, 1.807) is 0 Å². The van der Waals surface area contributed by atoms with Gasteiger partial charge in [-0.25, -0.2) is 0 Å². The summed E-state index contributed by atoms with van der Waals surface area (Å²) in [7, 11) is 0. The highest BCUT2D eigenvalue weighted by Gasteiger charge is 2.58. The smallest absolute Gasteiger partial charge is 0.248 e. The van der Waals surface area contributed by atoms with Crippen LogP contribution in [-0.4, -0.2) is 42.5 Å². The number of para-hydroxylation sites is 1. The van der Waals surface area contributed by atoms with E-state index in [1.165, 1.54) is 0 Å². The zero-order valence-corrected chi connectivity index (χ0v) is 13.8. The summed E-state index contributed by atoms with van der Waals surface area (Å²) in [6.07, 6.45) is 2.43. The number of hydrogen-bond donors (Lipinski definition) is 1. The standard InChI is InChI=1S/C18H24N2O3/c1-3-7-15-18(10-11-20(15)16(21)12-23-4-2)13-8-5-6-9-14(13)19-17(18)22/h5-6,8-9,15H,3-4,7,10-12H2,1-2H3,(H,19,22)/t15-,18+/m0/s1. The third-order valence-electron chi connectivity index (χ3n) is 5.07. The average Bonchev–Trinajstić information content (AvgIpc) is 3.06. The fourth-order valence-electron chi connectivity index (χ4n) is 4.05. The molecule has 1 saturated heterocycles.